The Morgan fingerprint density at radius 1 is 1.23 bits per heavy atom. The van der Waals surface area contributed by atoms with Gasteiger partial charge < -0.3 is 10.6 Å². The molecule has 2 N–H and O–H groups in total. The Kier molecular flexibility index (Phi) is 5.04. The summed E-state index contributed by atoms with van der Waals surface area (Å²) in [6.45, 7) is 0.192. The molecular weight excluding hydrogens is 421 g/mol. The zero-order valence-corrected chi connectivity index (χ0v) is 16.8. The van der Waals surface area contributed by atoms with Gasteiger partial charge in [0.2, 0.25) is 5.95 Å². The third kappa shape index (κ3) is 4.64. The van der Waals surface area contributed by atoms with E-state index >= 15 is 0 Å². The van der Waals surface area contributed by atoms with Crippen LogP contribution in [0.2, 0.25) is 0 Å². The summed E-state index contributed by atoms with van der Waals surface area (Å²) in [5.74, 6) is -0.291. The first-order chi connectivity index (χ1) is 14.1. The first-order valence-corrected chi connectivity index (χ1v) is 11.3. The van der Waals surface area contributed by atoms with Gasteiger partial charge in [-0.25, -0.2) is 13.4 Å². The van der Waals surface area contributed by atoms with Crippen molar-refractivity contribution in [2.45, 2.75) is 31.6 Å². The largest absolute Gasteiger partial charge is 0.421 e. The molecule has 0 aliphatic heterocycles. The zero-order valence-electron chi connectivity index (χ0n) is 15.9. The molecule has 30 heavy (non-hydrogen) atoms. The van der Waals surface area contributed by atoms with E-state index < -0.39 is 21.6 Å². The summed E-state index contributed by atoms with van der Waals surface area (Å²) in [5, 5.41) is 10.6. The summed E-state index contributed by atoms with van der Waals surface area (Å²) in [5.41, 5.74) is 0.328. The number of aryl methyl sites for hydroxylation is 1. The van der Waals surface area contributed by atoms with E-state index in [-0.39, 0.29) is 30.1 Å². The van der Waals surface area contributed by atoms with E-state index in [0.717, 1.165) is 25.3 Å². The smallest absolute Gasteiger partial charge is 0.367 e. The molecule has 0 spiro atoms. The van der Waals surface area contributed by atoms with Gasteiger partial charge in [0.05, 0.1) is 29.7 Å². The number of fused-ring (bicyclic) bond motifs is 1. The number of anilines is 3. The topological polar surface area (TPSA) is 102 Å². The Labute approximate surface area is 170 Å². The average molecular weight is 440 g/mol. The molecule has 1 aliphatic rings. The maximum atomic E-state index is 13.3. The number of sulfone groups is 1. The van der Waals surface area contributed by atoms with Crippen LogP contribution in [0, 0.1) is 0 Å². The molecule has 0 atom stereocenters. The van der Waals surface area contributed by atoms with Crippen molar-refractivity contribution in [1.82, 2.24) is 19.7 Å². The SMILES string of the molecule is CS(=O)(=O)CCn1ncc2c(Nc3ncc(C(F)(F)F)c(NC4CC4)n3)cccc21. The van der Waals surface area contributed by atoms with Gasteiger partial charge in [0.15, 0.2) is 0 Å². The molecule has 4 rings (SSSR count). The quantitative estimate of drug-likeness (QED) is 0.582. The van der Waals surface area contributed by atoms with Gasteiger partial charge in [0.1, 0.15) is 21.2 Å². The second-order valence-corrected chi connectivity index (χ2v) is 9.49. The van der Waals surface area contributed by atoms with E-state index in [0.29, 0.717) is 16.6 Å². The van der Waals surface area contributed by atoms with E-state index in [1.807, 2.05) is 0 Å². The molecule has 3 aromatic rings. The Morgan fingerprint density at radius 3 is 2.67 bits per heavy atom. The van der Waals surface area contributed by atoms with Crippen molar-refractivity contribution in [1.29, 1.82) is 0 Å². The maximum absolute atomic E-state index is 13.3. The van der Waals surface area contributed by atoms with Crippen LogP contribution in [0.4, 0.5) is 30.6 Å². The maximum Gasteiger partial charge on any atom is 0.421 e. The van der Waals surface area contributed by atoms with Crippen LogP contribution in [-0.4, -0.2) is 46.2 Å². The highest BCUT2D eigenvalue weighted by Crippen LogP contribution is 2.36. The lowest BCUT2D eigenvalue weighted by atomic mass is 10.2. The zero-order chi connectivity index (χ0) is 21.5. The number of benzene rings is 1. The minimum Gasteiger partial charge on any atom is -0.367 e. The number of hydrogen-bond acceptors (Lipinski definition) is 7. The highest BCUT2D eigenvalue weighted by atomic mass is 32.2. The van der Waals surface area contributed by atoms with Crippen LogP contribution in [0.5, 0.6) is 0 Å². The first-order valence-electron chi connectivity index (χ1n) is 9.20. The molecule has 1 fully saturated rings. The number of hydrogen-bond donors (Lipinski definition) is 2. The number of rotatable bonds is 7. The van der Waals surface area contributed by atoms with Crippen molar-refractivity contribution < 1.29 is 21.6 Å². The summed E-state index contributed by atoms with van der Waals surface area (Å²) in [6, 6.07) is 5.23. The van der Waals surface area contributed by atoms with Crippen LogP contribution in [-0.2, 0) is 22.6 Å². The van der Waals surface area contributed by atoms with Crippen molar-refractivity contribution in [3.05, 3.63) is 36.2 Å². The number of nitrogens with one attached hydrogen (secondary N) is 2. The molecular formula is C18H19F3N6O2S. The molecule has 2 heterocycles. The van der Waals surface area contributed by atoms with E-state index in [4.69, 9.17) is 0 Å². The summed E-state index contributed by atoms with van der Waals surface area (Å²) >= 11 is 0. The lowest BCUT2D eigenvalue weighted by Crippen LogP contribution is -2.15. The Hall–Kier alpha value is -2.89. The standard InChI is InChI=1S/C18H19F3N6O2S/c1-30(28,29)8-7-27-15-4-2-3-14(12(15)9-23-27)25-17-22-10-13(18(19,20)21)16(26-17)24-11-5-6-11/h2-4,9-11H,5-8H2,1H3,(H2,22,24,25,26). The minimum atomic E-state index is -4.56. The van der Waals surface area contributed by atoms with Gasteiger partial charge in [0.25, 0.3) is 0 Å². The average Bonchev–Trinajstić information content (AvgIpc) is 3.35. The number of nitrogens with zero attached hydrogens (tertiary/aromatic N) is 4. The van der Waals surface area contributed by atoms with E-state index in [1.54, 1.807) is 29.1 Å². The van der Waals surface area contributed by atoms with Crippen molar-refractivity contribution in [2.75, 3.05) is 22.6 Å². The van der Waals surface area contributed by atoms with Gasteiger partial charge >= 0.3 is 6.18 Å². The van der Waals surface area contributed by atoms with Crippen molar-refractivity contribution in [2.24, 2.45) is 0 Å². The second-order valence-electron chi connectivity index (χ2n) is 7.23. The van der Waals surface area contributed by atoms with Crippen LogP contribution < -0.4 is 10.6 Å². The molecule has 160 valence electrons. The van der Waals surface area contributed by atoms with Crippen molar-refractivity contribution >= 4 is 38.2 Å². The highest BCUT2D eigenvalue weighted by molar-refractivity contribution is 7.90. The highest BCUT2D eigenvalue weighted by Gasteiger charge is 2.36. The van der Waals surface area contributed by atoms with Gasteiger partial charge in [-0.2, -0.15) is 23.3 Å². The predicted molar refractivity (Wildman–Crippen MR) is 106 cm³/mol. The Bertz CT molecular complexity index is 1190. The summed E-state index contributed by atoms with van der Waals surface area (Å²) in [6.07, 6.45) is 0.520. The van der Waals surface area contributed by atoms with Gasteiger partial charge in [0, 0.05) is 23.9 Å². The molecule has 1 saturated carbocycles. The van der Waals surface area contributed by atoms with E-state index in [1.165, 1.54) is 0 Å². The van der Waals surface area contributed by atoms with Crippen LogP contribution in [0.25, 0.3) is 10.9 Å². The molecule has 0 saturated heterocycles. The predicted octanol–water partition coefficient (Wildman–Crippen LogP) is 3.21. The lowest BCUT2D eigenvalue weighted by molar-refractivity contribution is -0.137. The summed E-state index contributed by atoms with van der Waals surface area (Å²) < 4.78 is 64.2. The van der Waals surface area contributed by atoms with E-state index in [2.05, 4.69) is 25.7 Å². The fourth-order valence-electron chi connectivity index (χ4n) is 2.94. The fraction of sp³-hybridized carbons (Fsp3) is 0.389. The molecule has 1 aliphatic carbocycles. The third-order valence-corrected chi connectivity index (χ3v) is 5.54. The summed E-state index contributed by atoms with van der Waals surface area (Å²) in [7, 11) is -3.15. The molecule has 0 radical (unpaired) electrons. The van der Waals surface area contributed by atoms with Crippen LogP contribution in [0.3, 0.4) is 0 Å². The lowest BCUT2D eigenvalue weighted by Gasteiger charge is -2.14. The molecule has 0 bridgehead atoms. The van der Waals surface area contributed by atoms with Gasteiger partial charge in [-0.15, -0.1) is 0 Å². The normalized spacial score (nSPS) is 14.8. The van der Waals surface area contributed by atoms with Crippen LogP contribution in [0.15, 0.2) is 30.6 Å². The number of alkyl halides is 3. The minimum absolute atomic E-state index is 0.00893. The first kappa shape index (κ1) is 20.4. The number of halogens is 3. The molecule has 0 amide bonds. The van der Waals surface area contributed by atoms with Crippen LogP contribution in [0.1, 0.15) is 18.4 Å². The Morgan fingerprint density at radius 2 is 2.00 bits per heavy atom. The summed E-state index contributed by atoms with van der Waals surface area (Å²) in [4.78, 5) is 7.86. The second kappa shape index (κ2) is 7.42. The van der Waals surface area contributed by atoms with Gasteiger partial charge in [-0.3, -0.25) is 4.68 Å². The molecule has 0 unspecified atom stereocenters. The molecule has 2 aromatic heterocycles. The van der Waals surface area contributed by atoms with Crippen molar-refractivity contribution in [3.63, 3.8) is 0 Å². The van der Waals surface area contributed by atoms with Crippen molar-refractivity contribution in [3.8, 4) is 0 Å². The molecule has 8 nitrogen and oxygen atoms in total. The van der Waals surface area contributed by atoms with Crippen LogP contribution >= 0.6 is 0 Å². The third-order valence-electron chi connectivity index (χ3n) is 4.62. The fourth-order valence-corrected chi connectivity index (χ4v) is 3.45. The van der Waals surface area contributed by atoms with Gasteiger partial charge in [-0.05, 0) is 25.0 Å². The number of aromatic nitrogens is 4. The van der Waals surface area contributed by atoms with E-state index in [9.17, 15) is 21.6 Å². The monoisotopic (exact) mass is 440 g/mol. The Balaban J connectivity index is 1.63. The molecule has 12 heteroatoms. The van der Waals surface area contributed by atoms with Gasteiger partial charge in [-0.1, -0.05) is 6.07 Å². The molecule has 1 aromatic carbocycles.